The summed E-state index contributed by atoms with van der Waals surface area (Å²) in [6.07, 6.45) is -9.38. The van der Waals surface area contributed by atoms with Crippen LogP contribution < -0.4 is 19.5 Å². The van der Waals surface area contributed by atoms with Crippen LogP contribution in [0.15, 0.2) is 66.7 Å². The van der Waals surface area contributed by atoms with Gasteiger partial charge in [0.05, 0.1) is 12.6 Å². The van der Waals surface area contributed by atoms with E-state index >= 15 is 0 Å². The smallest absolute Gasteiger partial charge is 0.335 e. The third-order valence-electron chi connectivity index (χ3n) is 7.03. The lowest BCUT2D eigenvalue weighted by Crippen LogP contribution is -2.61. The second kappa shape index (κ2) is 13.4. The average molecular weight is 583 g/mol. The molecule has 2 heterocycles. The van der Waals surface area contributed by atoms with Gasteiger partial charge in [-0.2, -0.15) is 0 Å². The molecular weight excluding hydrogens is 548 g/mol. The van der Waals surface area contributed by atoms with Crippen LogP contribution in [0.25, 0.3) is 21.8 Å². The summed E-state index contributed by atoms with van der Waals surface area (Å²) in [5, 5.41) is 45.3. The Morgan fingerprint density at radius 3 is 2.40 bits per heavy atom. The molecule has 0 radical (unpaired) electrons. The summed E-state index contributed by atoms with van der Waals surface area (Å²) < 4.78 is 28.6. The minimum atomic E-state index is -1.82. The van der Waals surface area contributed by atoms with Crippen molar-refractivity contribution in [3.63, 3.8) is 0 Å². The molecule has 1 aromatic heterocycles. The van der Waals surface area contributed by atoms with Gasteiger partial charge in [-0.15, -0.1) is 0 Å². The third-order valence-corrected chi connectivity index (χ3v) is 7.03. The van der Waals surface area contributed by atoms with Gasteiger partial charge in [-0.1, -0.05) is 36.4 Å². The number of methoxy groups -OCH3 is 1. The van der Waals surface area contributed by atoms with Crippen molar-refractivity contribution in [3.8, 4) is 17.2 Å². The van der Waals surface area contributed by atoms with Crippen LogP contribution in [0.4, 0.5) is 0 Å². The molecule has 6 atom stereocenters. The maximum atomic E-state index is 11.6. The number of H-pyrrole nitrogens is 1. The number of ether oxygens (including phenoxy) is 5. The Morgan fingerprint density at radius 1 is 0.905 bits per heavy atom. The fraction of sp³-hybridized carbons (Fsp3) is 0.367. The van der Waals surface area contributed by atoms with Crippen LogP contribution in [0.1, 0.15) is 0 Å². The predicted octanol–water partition coefficient (Wildman–Crippen LogP) is 1.65. The SMILES string of the molecule is COc1ccccc1OCCNC[C@@H](COc1cccc2[nH]c3ccccc3c12)O[C@@H]1O[C@@H](C(=O)O)[C@@H](O)[C@H](O)[C@@H]1O. The van der Waals surface area contributed by atoms with Crippen LogP contribution in [-0.2, 0) is 14.3 Å². The van der Waals surface area contributed by atoms with Gasteiger partial charge in [0, 0.05) is 29.4 Å². The lowest BCUT2D eigenvalue weighted by atomic mass is 9.99. The zero-order valence-electron chi connectivity index (χ0n) is 22.9. The van der Waals surface area contributed by atoms with E-state index in [1.807, 2.05) is 54.6 Å². The number of hydrogen-bond donors (Lipinski definition) is 6. The monoisotopic (exact) mass is 582 g/mol. The van der Waals surface area contributed by atoms with Gasteiger partial charge in [-0.3, -0.25) is 0 Å². The number of aliphatic carboxylic acids is 1. The number of nitrogens with one attached hydrogen (secondary N) is 2. The molecule has 5 rings (SSSR count). The zero-order valence-corrected chi connectivity index (χ0v) is 22.9. The third kappa shape index (κ3) is 6.44. The van der Waals surface area contributed by atoms with Crippen molar-refractivity contribution < 1.29 is 48.9 Å². The first-order valence-corrected chi connectivity index (χ1v) is 13.5. The van der Waals surface area contributed by atoms with Crippen molar-refractivity contribution in [2.45, 2.75) is 36.8 Å². The van der Waals surface area contributed by atoms with E-state index < -0.39 is 42.8 Å². The Balaban J connectivity index is 1.28. The number of carboxylic acids is 1. The zero-order chi connectivity index (χ0) is 29.6. The average Bonchev–Trinajstić information content (AvgIpc) is 3.39. The van der Waals surface area contributed by atoms with E-state index in [1.54, 1.807) is 19.2 Å². The molecule has 12 heteroatoms. The molecule has 0 amide bonds. The Labute approximate surface area is 241 Å². The number of benzene rings is 3. The molecule has 0 unspecified atom stereocenters. The van der Waals surface area contributed by atoms with Crippen LogP contribution in [0.3, 0.4) is 0 Å². The van der Waals surface area contributed by atoms with E-state index in [0.29, 0.717) is 30.4 Å². The maximum absolute atomic E-state index is 11.6. The van der Waals surface area contributed by atoms with E-state index in [4.69, 9.17) is 23.7 Å². The Bertz CT molecular complexity index is 1490. The number of fused-ring (bicyclic) bond motifs is 3. The van der Waals surface area contributed by atoms with E-state index in [2.05, 4.69) is 10.3 Å². The lowest BCUT2D eigenvalue weighted by Gasteiger charge is -2.39. The molecule has 0 bridgehead atoms. The second-order valence-corrected chi connectivity index (χ2v) is 9.86. The summed E-state index contributed by atoms with van der Waals surface area (Å²) in [5.74, 6) is 0.306. The number of para-hydroxylation sites is 3. The summed E-state index contributed by atoms with van der Waals surface area (Å²) >= 11 is 0. The highest BCUT2D eigenvalue weighted by Crippen LogP contribution is 2.33. The van der Waals surface area contributed by atoms with Crippen LogP contribution in [-0.4, -0.2) is 102 Å². The molecule has 42 heavy (non-hydrogen) atoms. The molecule has 1 aliphatic rings. The largest absolute Gasteiger partial charge is 0.493 e. The summed E-state index contributed by atoms with van der Waals surface area (Å²) in [7, 11) is 1.56. The highest BCUT2D eigenvalue weighted by Gasteiger charge is 2.48. The molecule has 1 aliphatic heterocycles. The number of aromatic nitrogens is 1. The van der Waals surface area contributed by atoms with Crippen molar-refractivity contribution >= 4 is 27.8 Å². The van der Waals surface area contributed by atoms with Crippen molar-refractivity contribution in [1.82, 2.24) is 10.3 Å². The van der Waals surface area contributed by atoms with Crippen LogP contribution >= 0.6 is 0 Å². The molecule has 0 spiro atoms. The molecule has 1 fully saturated rings. The summed E-state index contributed by atoms with van der Waals surface area (Å²) in [6, 6.07) is 20.8. The van der Waals surface area contributed by atoms with Gasteiger partial charge in [0.2, 0.25) is 0 Å². The Kier molecular flexibility index (Phi) is 9.42. The Morgan fingerprint density at radius 2 is 1.62 bits per heavy atom. The molecule has 0 saturated carbocycles. The van der Waals surface area contributed by atoms with Gasteiger partial charge >= 0.3 is 5.97 Å². The van der Waals surface area contributed by atoms with E-state index in [-0.39, 0.29) is 13.2 Å². The molecule has 224 valence electrons. The van der Waals surface area contributed by atoms with Crippen LogP contribution in [0.2, 0.25) is 0 Å². The van der Waals surface area contributed by atoms with E-state index in [1.165, 1.54) is 0 Å². The van der Waals surface area contributed by atoms with Gasteiger partial charge in [0.1, 0.15) is 43.4 Å². The van der Waals surface area contributed by atoms with Gasteiger partial charge in [0.15, 0.2) is 23.9 Å². The summed E-state index contributed by atoms with van der Waals surface area (Å²) in [6.45, 7) is 0.893. The number of aromatic amines is 1. The highest BCUT2D eigenvalue weighted by molar-refractivity contribution is 6.10. The molecule has 3 aromatic carbocycles. The van der Waals surface area contributed by atoms with Crippen molar-refractivity contribution in [1.29, 1.82) is 0 Å². The van der Waals surface area contributed by atoms with Crippen LogP contribution in [0, 0.1) is 0 Å². The molecular formula is C30H34N2O10. The van der Waals surface area contributed by atoms with Gasteiger partial charge in [-0.25, -0.2) is 4.79 Å². The lowest BCUT2D eigenvalue weighted by molar-refractivity contribution is -0.305. The normalized spacial score (nSPS) is 23.1. The minimum Gasteiger partial charge on any atom is -0.493 e. The fourth-order valence-electron chi connectivity index (χ4n) is 4.91. The maximum Gasteiger partial charge on any atom is 0.335 e. The van der Waals surface area contributed by atoms with Gasteiger partial charge in [0.25, 0.3) is 0 Å². The highest BCUT2D eigenvalue weighted by atomic mass is 16.7. The Hall–Kier alpha value is -3.91. The topological polar surface area (TPSA) is 172 Å². The van der Waals surface area contributed by atoms with Crippen molar-refractivity contribution in [3.05, 3.63) is 66.7 Å². The summed E-state index contributed by atoms with van der Waals surface area (Å²) in [5.41, 5.74) is 1.85. The molecule has 4 aromatic rings. The number of carboxylic acid groups (broad SMARTS) is 1. The number of carbonyl (C=O) groups is 1. The van der Waals surface area contributed by atoms with E-state index in [9.17, 15) is 25.2 Å². The summed E-state index contributed by atoms with van der Waals surface area (Å²) in [4.78, 5) is 14.9. The molecule has 0 aliphatic carbocycles. The number of hydrogen-bond acceptors (Lipinski definition) is 10. The second-order valence-electron chi connectivity index (χ2n) is 9.86. The minimum absolute atomic E-state index is 0.0120. The predicted molar refractivity (Wildman–Crippen MR) is 152 cm³/mol. The number of rotatable bonds is 13. The first-order chi connectivity index (χ1) is 20.4. The molecule has 12 nitrogen and oxygen atoms in total. The molecule has 1 saturated heterocycles. The first kappa shape index (κ1) is 29.6. The quantitative estimate of drug-likeness (QED) is 0.127. The standard InChI is InChI=1S/C30H34N2O10/c1-38-21-10-4-5-11-22(21)39-14-13-31-15-17(41-30-27(35)25(33)26(34)28(42-30)29(36)37)16-40-23-12-6-9-20-24(23)18-7-2-3-8-19(18)32-20/h2-12,17,25-28,30-35H,13-16H2,1H3,(H,36,37)/t17-,25-,26-,27-,28+,30+/m0/s1. The van der Waals surface area contributed by atoms with E-state index in [0.717, 1.165) is 21.8 Å². The van der Waals surface area contributed by atoms with Crippen LogP contribution in [0.5, 0.6) is 17.2 Å². The van der Waals surface area contributed by atoms with Crippen molar-refractivity contribution in [2.75, 3.05) is 33.4 Å². The van der Waals surface area contributed by atoms with Gasteiger partial charge < -0.3 is 54.4 Å². The fourth-order valence-corrected chi connectivity index (χ4v) is 4.91. The number of aliphatic hydroxyl groups is 3. The van der Waals surface area contributed by atoms with Gasteiger partial charge in [-0.05, 0) is 30.3 Å². The first-order valence-electron chi connectivity index (χ1n) is 13.5. The van der Waals surface area contributed by atoms with Crippen molar-refractivity contribution in [2.24, 2.45) is 0 Å². The number of aliphatic hydroxyl groups excluding tert-OH is 3. The molecule has 6 N–H and O–H groups in total.